The summed E-state index contributed by atoms with van der Waals surface area (Å²) in [6.45, 7) is 6.32. The standard InChI is InChI=1S/C36H44FN3O6/c1-5-9-26(10-6-2)40(27-13-14-29(37)23(3)17-27)33(41)21-39-20-28(24-18-31(44-4)35-32(19-24)45-22-46-35)34(36(42)43)30(39)15-12-25-11-7-8-16-38-25/h7-8,11,13-14,16-19,26,28,30,34H,5-6,9-10,12,15,20-22H2,1-4H3,(H,42,43)/t28-,30-,34+/m1/s1. The van der Waals surface area contributed by atoms with Crippen LogP contribution in [0.25, 0.3) is 0 Å². The van der Waals surface area contributed by atoms with Crippen LogP contribution in [0.4, 0.5) is 10.1 Å². The van der Waals surface area contributed by atoms with E-state index in [9.17, 15) is 19.1 Å². The summed E-state index contributed by atoms with van der Waals surface area (Å²) in [7, 11) is 1.54. The molecule has 0 spiro atoms. The number of methoxy groups -OCH3 is 1. The number of aryl methyl sites for hydroxylation is 2. The molecule has 3 atom stereocenters. The second-order valence-electron chi connectivity index (χ2n) is 12.2. The average molecular weight is 634 g/mol. The van der Waals surface area contributed by atoms with E-state index in [4.69, 9.17) is 14.2 Å². The van der Waals surface area contributed by atoms with Gasteiger partial charge in [-0.1, -0.05) is 32.8 Å². The molecule has 5 rings (SSSR count). The third-order valence-electron chi connectivity index (χ3n) is 9.20. The number of pyridine rings is 1. The van der Waals surface area contributed by atoms with Gasteiger partial charge in [0.1, 0.15) is 5.82 Å². The lowest BCUT2D eigenvalue weighted by atomic mass is 9.83. The minimum Gasteiger partial charge on any atom is -0.493 e. The number of hydrogen-bond acceptors (Lipinski definition) is 7. The molecule has 1 saturated heterocycles. The van der Waals surface area contributed by atoms with E-state index >= 15 is 0 Å². The SMILES string of the molecule is CCCC(CCC)N(C(=O)CN1C[C@H](c2cc(OC)c3c(c2)OCO3)[C@H](C(=O)O)[C@H]1CCc1ccccn1)c1ccc(F)c(C)c1. The number of halogens is 1. The van der Waals surface area contributed by atoms with Crippen LogP contribution in [0.15, 0.2) is 54.7 Å². The minimum atomic E-state index is -0.927. The Morgan fingerprint density at radius 1 is 1.13 bits per heavy atom. The molecule has 9 nitrogen and oxygen atoms in total. The molecule has 3 heterocycles. The predicted octanol–water partition coefficient (Wildman–Crippen LogP) is 6.37. The van der Waals surface area contributed by atoms with E-state index in [2.05, 4.69) is 18.8 Å². The van der Waals surface area contributed by atoms with Gasteiger partial charge in [-0.15, -0.1) is 0 Å². The molecule has 2 aliphatic rings. The van der Waals surface area contributed by atoms with Crippen molar-refractivity contribution in [3.05, 3.63) is 77.4 Å². The number of rotatable bonds is 14. The summed E-state index contributed by atoms with van der Waals surface area (Å²) in [5.41, 5.74) is 2.75. The van der Waals surface area contributed by atoms with Gasteiger partial charge in [0.25, 0.3) is 0 Å². The summed E-state index contributed by atoms with van der Waals surface area (Å²) in [4.78, 5) is 35.8. The van der Waals surface area contributed by atoms with Crippen LogP contribution in [0.3, 0.4) is 0 Å². The second-order valence-corrected chi connectivity index (χ2v) is 12.2. The number of aromatic nitrogens is 1. The van der Waals surface area contributed by atoms with Gasteiger partial charge in [-0.05, 0) is 86.2 Å². The van der Waals surface area contributed by atoms with Gasteiger partial charge in [0, 0.05) is 42.1 Å². The number of carboxylic acid groups (broad SMARTS) is 1. The highest BCUT2D eigenvalue weighted by Gasteiger charge is 2.48. The fourth-order valence-corrected chi connectivity index (χ4v) is 7.05. The number of hydrogen-bond donors (Lipinski definition) is 1. The van der Waals surface area contributed by atoms with Crippen molar-refractivity contribution in [1.82, 2.24) is 9.88 Å². The number of carbonyl (C=O) groups excluding carboxylic acids is 1. The molecule has 3 aromatic rings. The van der Waals surface area contributed by atoms with Gasteiger partial charge < -0.3 is 24.2 Å². The fourth-order valence-electron chi connectivity index (χ4n) is 7.05. The van der Waals surface area contributed by atoms with E-state index in [1.165, 1.54) is 6.07 Å². The van der Waals surface area contributed by atoms with Crippen molar-refractivity contribution in [1.29, 1.82) is 0 Å². The number of carboxylic acids is 1. The lowest BCUT2D eigenvalue weighted by Gasteiger charge is -2.35. The quantitative estimate of drug-likeness (QED) is 0.219. The summed E-state index contributed by atoms with van der Waals surface area (Å²) in [5, 5.41) is 10.7. The zero-order valence-electron chi connectivity index (χ0n) is 27.1. The van der Waals surface area contributed by atoms with Crippen molar-refractivity contribution < 1.29 is 33.3 Å². The molecule has 2 aliphatic heterocycles. The van der Waals surface area contributed by atoms with Crippen LogP contribution in [0.5, 0.6) is 17.2 Å². The van der Waals surface area contributed by atoms with Crippen LogP contribution in [0.2, 0.25) is 0 Å². The van der Waals surface area contributed by atoms with E-state index in [1.807, 2.05) is 40.1 Å². The van der Waals surface area contributed by atoms with Crippen molar-refractivity contribution >= 4 is 17.6 Å². The number of ether oxygens (including phenoxy) is 3. The summed E-state index contributed by atoms with van der Waals surface area (Å²) < 4.78 is 31.2. The van der Waals surface area contributed by atoms with Crippen molar-refractivity contribution in [2.75, 3.05) is 31.9 Å². The van der Waals surface area contributed by atoms with E-state index in [-0.39, 0.29) is 31.1 Å². The molecule has 1 N–H and O–H groups in total. The first-order chi connectivity index (χ1) is 22.2. The monoisotopic (exact) mass is 633 g/mol. The van der Waals surface area contributed by atoms with Crippen LogP contribution in [0.1, 0.15) is 68.7 Å². The van der Waals surface area contributed by atoms with E-state index < -0.39 is 23.8 Å². The first kappa shape index (κ1) is 33.2. The first-order valence-corrected chi connectivity index (χ1v) is 16.2. The summed E-state index contributed by atoms with van der Waals surface area (Å²) >= 11 is 0. The summed E-state index contributed by atoms with van der Waals surface area (Å²) in [6.07, 6.45) is 6.17. The molecule has 0 unspecified atom stereocenters. The van der Waals surface area contributed by atoms with Gasteiger partial charge in [-0.2, -0.15) is 0 Å². The molecular weight excluding hydrogens is 589 g/mol. The molecule has 10 heteroatoms. The zero-order valence-corrected chi connectivity index (χ0v) is 27.1. The largest absolute Gasteiger partial charge is 0.493 e. The number of aliphatic carboxylic acids is 1. The number of fused-ring (bicyclic) bond motifs is 1. The van der Waals surface area contributed by atoms with Crippen LogP contribution in [-0.2, 0) is 16.0 Å². The molecule has 1 amide bonds. The highest BCUT2D eigenvalue weighted by atomic mass is 19.1. The van der Waals surface area contributed by atoms with Crippen LogP contribution in [-0.4, -0.2) is 65.9 Å². The summed E-state index contributed by atoms with van der Waals surface area (Å²) in [5.74, 6) is -1.13. The molecule has 1 fully saturated rings. The number of anilines is 1. The van der Waals surface area contributed by atoms with Gasteiger partial charge >= 0.3 is 5.97 Å². The maximum Gasteiger partial charge on any atom is 0.308 e. The van der Waals surface area contributed by atoms with Crippen molar-refractivity contribution in [3.8, 4) is 17.2 Å². The summed E-state index contributed by atoms with van der Waals surface area (Å²) in [6, 6.07) is 13.6. The number of nitrogens with zero attached hydrogens (tertiary/aromatic N) is 3. The van der Waals surface area contributed by atoms with Crippen LogP contribution < -0.4 is 19.1 Å². The van der Waals surface area contributed by atoms with Gasteiger partial charge in [-0.3, -0.25) is 19.5 Å². The van der Waals surface area contributed by atoms with Crippen LogP contribution >= 0.6 is 0 Å². The minimum absolute atomic E-state index is 0.0230. The lowest BCUT2D eigenvalue weighted by Crippen LogP contribution is -2.48. The molecule has 0 saturated carbocycles. The van der Waals surface area contributed by atoms with Gasteiger partial charge in [-0.25, -0.2) is 4.39 Å². The Hall–Kier alpha value is -4.18. The van der Waals surface area contributed by atoms with E-state index in [1.54, 1.807) is 32.4 Å². The zero-order chi connectivity index (χ0) is 32.8. The van der Waals surface area contributed by atoms with Crippen molar-refractivity contribution in [2.45, 2.75) is 77.3 Å². The normalized spacial score (nSPS) is 19.0. The number of carbonyl (C=O) groups is 2. The third kappa shape index (κ3) is 7.12. The third-order valence-corrected chi connectivity index (χ3v) is 9.20. The fraction of sp³-hybridized carbons (Fsp3) is 0.472. The highest BCUT2D eigenvalue weighted by molar-refractivity contribution is 5.95. The van der Waals surface area contributed by atoms with Crippen LogP contribution in [0, 0.1) is 18.7 Å². The Kier molecular flexibility index (Phi) is 10.8. The molecular formula is C36H44FN3O6. The molecule has 0 radical (unpaired) electrons. The number of benzene rings is 2. The van der Waals surface area contributed by atoms with Gasteiger partial charge in [0.15, 0.2) is 11.5 Å². The Labute approximate surface area is 270 Å². The smallest absolute Gasteiger partial charge is 0.308 e. The Balaban J connectivity index is 1.52. The molecule has 2 aromatic carbocycles. The molecule has 0 bridgehead atoms. The molecule has 246 valence electrons. The highest BCUT2D eigenvalue weighted by Crippen LogP contribution is 2.47. The first-order valence-electron chi connectivity index (χ1n) is 16.2. The maximum absolute atomic E-state index is 14.5. The Bertz CT molecular complexity index is 1510. The topological polar surface area (TPSA) is 101 Å². The van der Waals surface area contributed by atoms with E-state index in [0.717, 1.165) is 36.9 Å². The van der Waals surface area contributed by atoms with Gasteiger partial charge in [0.2, 0.25) is 18.4 Å². The molecule has 0 aliphatic carbocycles. The Morgan fingerprint density at radius 3 is 2.57 bits per heavy atom. The van der Waals surface area contributed by atoms with Crippen molar-refractivity contribution in [2.24, 2.45) is 5.92 Å². The number of likely N-dealkylation sites (tertiary alicyclic amines) is 1. The van der Waals surface area contributed by atoms with E-state index in [0.29, 0.717) is 47.9 Å². The number of amides is 1. The Morgan fingerprint density at radius 2 is 1.91 bits per heavy atom. The molecule has 1 aromatic heterocycles. The maximum atomic E-state index is 14.5. The van der Waals surface area contributed by atoms with Gasteiger partial charge in [0.05, 0.1) is 19.6 Å². The molecule has 46 heavy (non-hydrogen) atoms. The average Bonchev–Trinajstić information content (AvgIpc) is 3.67. The second kappa shape index (κ2) is 14.9. The predicted molar refractivity (Wildman–Crippen MR) is 173 cm³/mol. The van der Waals surface area contributed by atoms with Crippen molar-refractivity contribution in [3.63, 3.8) is 0 Å². The lowest BCUT2D eigenvalue weighted by molar-refractivity contribution is -0.143.